The number of nitrogens with zero attached hydrogens (tertiary/aromatic N) is 4. The maximum Gasteiger partial charge on any atom is 0.304 e. The number of rotatable bonds is 3. The lowest BCUT2D eigenvalue weighted by Gasteiger charge is -2.24. The van der Waals surface area contributed by atoms with Gasteiger partial charge < -0.3 is 4.90 Å². The molecule has 0 saturated carbocycles. The van der Waals surface area contributed by atoms with Crippen molar-refractivity contribution >= 4 is 15.9 Å². The van der Waals surface area contributed by atoms with Crippen LogP contribution in [-0.4, -0.2) is 49.8 Å². The first-order valence-electron chi connectivity index (χ1n) is 8.69. The molecule has 26 heavy (non-hydrogen) atoms. The van der Waals surface area contributed by atoms with E-state index in [9.17, 15) is 8.42 Å². The van der Waals surface area contributed by atoms with E-state index in [2.05, 4.69) is 6.19 Å². The zero-order valence-electron chi connectivity index (χ0n) is 14.3. The highest BCUT2D eigenvalue weighted by Crippen LogP contribution is 2.31. The third-order valence-corrected chi connectivity index (χ3v) is 7.10. The summed E-state index contributed by atoms with van der Waals surface area (Å²) in [6.45, 7) is 2.01. The van der Waals surface area contributed by atoms with Gasteiger partial charge in [-0.25, -0.2) is 0 Å². The van der Waals surface area contributed by atoms with Crippen molar-refractivity contribution in [2.75, 3.05) is 30.5 Å². The number of likely N-dealkylation sites (tertiary alicyclic amines) is 1. The van der Waals surface area contributed by atoms with Gasteiger partial charge in [0, 0.05) is 32.2 Å². The quantitative estimate of drug-likeness (QED) is 0.780. The van der Waals surface area contributed by atoms with Gasteiger partial charge in [0.25, 0.3) is 0 Å². The SMILES string of the molecule is N#CN1CC[C@@H](N2CCN(c3ccc(-c4ccccc4)cc3)S2(=O)=O)C1. The van der Waals surface area contributed by atoms with Crippen LogP contribution in [0.1, 0.15) is 6.42 Å². The Hall–Kier alpha value is -2.56. The summed E-state index contributed by atoms with van der Waals surface area (Å²) in [6, 6.07) is 17.5. The molecule has 0 aliphatic carbocycles. The molecule has 0 amide bonds. The van der Waals surface area contributed by atoms with Gasteiger partial charge in [0.05, 0.1) is 5.69 Å². The molecular formula is C19H20N4O2S. The second-order valence-electron chi connectivity index (χ2n) is 6.59. The average Bonchev–Trinajstić information content (AvgIpc) is 3.26. The molecular weight excluding hydrogens is 348 g/mol. The normalized spacial score (nSPS) is 22.5. The molecule has 134 valence electrons. The van der Waals surface area contributed by atoms with Crippen molar-refractivity contribution in [2.45, 2.75) is 12.5 Å². The first-order chi connectivity index (χ1) is 12.6. The summed E-state index contributed by atoms with van der Waals surface area (Å²) in [7, 11) is -3.54. The van der Waals surface area contributed by atoms with Crippen molar-refractivity contribution in [1.82, 2.24) is 9.21 Å². The fraction of sp³-hybridized carbons (Fsp3) is 0.316. The van der Waals surface area contributed by atoms with E-state index in [0.29, 0.717) is 38.3 Å². The van der Waals surface area contributed by atoms with Crippen molar-refractivity contribution in [3.63, 3.8) is 0 Å². The number of benzene rings is 2. The van der Waals surface area contributed by atoms with Gasteiger partial charge in [-0.2, -0.15) is 18.0 Å². The molecule has 1 atom stereocenters. The van der Waals surface area contributed by atoms with Crippen LogP contribution in [0.4, 0.5) is 5.69 Å². The summed E-state index contributed by atoms with van der Waals surface area (Å²) in [6.07, 6.45) is 2.81. The minimum Gasteiger partial charge on any atom is -0.309 e. The molecule has 2 heterocycles. The van der Waals surface area contributed by atoms with Crippen molar-refractivity contribution in [2.24, 2.45) is 0 Å². The number of hydrogen-bond donors (Lipinski definition) is 0. The Bertz CT molecular complexity index is 922. The van der Waals surface area contributed by atoms with Crippen molar-refractivity contribution < 1.29 is 8.42 Å². The van der Waals surface area contributed by atoms with Crippen LogP contribution in [0.3, 0.4) is 0 Å². The van der Waals surface area contributed by atoms with E-state index in [0.717, 1.165) is 11.1 Å². The van der Waals surface area contributed by atoms with E-state index < -0.39 is 10.2 Å². The van der Waals surface area contributed by atoms with Gasteiger partial charge in [0.2, 0.25) is 0 Å². The van der Waals surface area contributed by atoms with Crippen LogP contribution >= 0.6 is 0 Å². The Morgan fingerprint density at radius 3 is 2.27 bits per heavy atom. The van der Waals surface area contributed by atoms with Crippen LogP contribution in [-0.2, 0) is 10.2 Å². The zero-order valence-corrected chi connectivity index (χ0v) is 15.1. The Balaban J connectivity index is 1.54. The zero-order chi connectivity index (χ0) is 18.1. The highest BCUT2D eigenvalue weighted by molar-refractivity contribution is 7.90. The fourth-order valence-corrected chi connectivity index (χ4v) is 5.51. The van der Waals surface area contributed by atoms with Crippen LogP contribution < -0.4 is 4.31 Å². The molecule has 0 radical (unpaired) electrons. The second-order valence-corrected chi connectivity index (χ2v) is 8.40. The van der Waals surface area contributed by atoms with Gasteiger partial charge in [-0.1, -0.05) is 42.5 Å². The third kappa shape index (κ3) is 2.91. The lowest BCUT2D eigenvalue weighted by molar-refractivity contribution is 0.345. The van der Waals surface area contributed by atoms with Gasteiger partial charge in [-0.05, 0) is 29.7 Å². The van der Waals surface area contributed by atoms with E-state index in [-0.39, 0.29) is 6.04 Å². The third-order valence-electron chi connectivity index (χ3n) is 5.07. The second kappa shape index (κ2) is 6.63. The van der Waals surface area contributed by atoms with Gasteiger partial charge in [-0.3, -0.25) is 4.31 Å². The van der Waals surface area contributed by atoms with Gasteiger partial charge in [0.1, 0.15) is 0 Å². The van der Waals surface area contributed by atoms with Gasteiger partial charge >= 0.3 is 10.2 Å². The molecule has 4 rings (SSSR count). The van der Waals surface area contributed by atoms with Crippen LogP contribution in [0.15, 0.2) is 54.6 Å². The maximum absolute atomic E-state index is 13.0. The molecule has 0 unspecified atom stereocenters. The van der Waals surface area contributed by atoms with E-state index in [1.165, 1.54) is 4.31 Å². The summed E-state index contributed by atoms with van der Waals surface area (Å²) in [5.41, 5.74) is 2.85. The lowest BCUT2D eigenvalue weighted by atomic mass is 10.1. The van der Waals surface area contributed by atoms with E-state index in [1.54, 1.807) is 9.21 Å². The summed E-state index contributed by atoms with van der Waals surface area (Å²) < 4.78 is 29.0. The lowest BCUT2D eigenvalue weighted by Crippen LogP contribution is -2.41. The molecule has 2 aliphatic heterocycles. The van der Waals surface area contributed by atoms with Crippen molar-refractivity contribution in [3.05, 3.63) is 54.6 Å². The monoisotopic (exact) mass is 368 g/mol. The predicted octanol–water partition coefficient (Wildman–Crippen LogP) is 2.28. The molecule has 2 aromatic rings. The Morgan fingerprint density at radius 1 is 0.923 bits per heavy atom. The number of anilines is 1. The topological polar surface area (TPSA) is 67.7 Å². The first-order valence-corrected chi connectivity index (χ1v) is 10.1. The number of nitriles is 1. The van der Waals surface area contributed by atoms with Crippen molar-refractivity contribution in [3.8, 4) is 17.3 Å². The Kier molecular flexibility index (Phi) is 4.31. The summed E-state index contributed by atoms with van der Waals surface area (Å²) in [4.78, 5) is 1.62. The molecule has 2 fully saturated rings. The highest BCUT2D eigenvalue weighted by Gasteiger charge is 2.43. The average molecular weight is 368 g/mol. The molecule has 7 heteroatoms. The minimum atomic E-state index is -3.54. The van der Waals surface area contributed by atoms with E-state index in [1.807, 2.05) is 54.6 Å². The highest BCUT2D eigenvalue weighted by atomic mass is 32.2. The van der Waals surface area contributed by atoms with Gasteiger partial charge in [-0.15, -0.1) is 0 Å². The Labute approximate surface area is 154 Å². The van der Waals surface area contributed by atoms with E-state index >= 15 is 0 Å². The van der Waals surface area contributed by atoms with Crippen LogP contribution in [0.25, 0.3) is 11.1 Å². The molecule has 2 saturated heterocycles. The van der Waals surface area contributed by atoms with Crippen molar-refractivity contribution in [1.29, 1.82) is 5.26 Å². The van der Waals surface area contributed by atoms with Gasteiger partial charge in [0.15, 0.2) is 6.19 Å². The van der Waals surface area contributed by atoms with Crippen LogP contribution in [0, 0.1) is 11.5 Å². The number of hydrogen-bond acceptors (Lipinski definition) is 4. The Morgan fingerprint density at radius 2 is 1.62 bits per heavy atom. The summed E-state index contributed by atoms with van der Waals surface area (Å²) >= 11 is 0. The summed E-state index contributed by atoms with van der Waals surface area (Å²) in [5, 5.41) is 9.00. The molecule has 2 aliphatic rings. The molecule has 0 spiro atoms. The summed E-state index contributed by atoms with van der Waals surface area (Å²) in [5.74, 6) is 0. The molecule has 0 bridgehead atoms. The predicted molar refractivity (Wildman–Crippen MR) is 100 cm³/mol. The molecule has 0 N–H and O–H groups in total. The van der Waals surface area contributed by atoms with Crippen LogP contribution in [0.2, 0.25) is 0 Å². The fourth-order valence-electron chi connectivity index (χ4n) is 3.70. The smallest absolute Gasteiger partial charge is 0.304 e. The largest absolute Gasteiger partial charge is 0.309 e. The standard InChI is InChI=1S/C19H20N4O2S/c20-15-21-11-10-19(14-21)23-13-12-22(26(23,24)25)18-8-6-17(7-9-18)16-4-2-1-3-5-16/h1-9,19H,10-14H2/t19-/m1/s1. The first kappa shape index (κ1) is 16.9. The minimum absolute atomic E-state index is 0.117. The molecule has 2 aromatic carbocycles. The molecule has 0 aromatic heterocycles. The maximum atomic E-state index is 13.0. The van der Waals surface area contributed by atoms with Crippen LogP contribution in [0.5, 0.6) is 0 Å². The molecule has 6 nitrogen and oxygen atoms in total. The van der Waals surface area contributed by atoms with E-state index in [4.69, 9.17) is 5.26 Å².